The van der Waals surface area contributed by atoms with E-state index in [1.54, 1.807) is 24.5 Å². The van der Waals surface area contributed by atoms with Gasteiger partial charge in [0.15, 0.2) is 0 Å². The SMILES string of the molecule is CN(Cc1ccoc1)C(=O)Cc1ccc(CN)cc1. The zero-order valence-corrected chi connectivity index (χ0v) is 11.0. The molecule has 2 aromatic rings. The molecule has 2 rings (SSSR count). The van der Waals surface area contributed by atoms with Crippen LogP contribution in [0.15, 0.2) is 47.3 Å². The van der Waals surface area contributed by atoms with Gasteiger partial charge in [0.25, 0.3) is 0 Å². The van der Waals surface area contributed by atoms with Crippen LogP contribution in [0.4, 0.5) is 0 Å². The van der Waals surface area contributed by atoms with Crippen LogP contribution >= 0.6 is 0 Å². The van der Waals surface area contributed by atoms with Gasteiger partial charge >= 0.3 is 0 Å². The van der Waals surface area contributed by atoms with Gasteiger partial charge in [-0.05, 0) is 17.2 Å². The van der Waals surface area contributed by atoms with Crippen molar-refractivity contribution in [2.75, 3.05) is 7.05 Å². The van der Waals surface area contributed by atoms with Crippen molar-refractivity contribution in [1.82, 2.24) is 4.90 Å². The van der Waals surface area contributed by atoms with Crippen molar-refractivity contribution < 1.29 is 9.21 Å². The van der Waals surface area contributed by atoms with E-state index >= 15 is 0 Å². The molecule has 100 valence electrons. The first kappa shape index (κ1) is 13.4. The van der Waals surface area contributed by atoms with Gasteiger partial charge < -0.3 is 15.1 Å². The second-order valence-electron chi connectivity index (χ2n) is 4.58. The number of rotatable bonds is 5. The van der Waals surface area contributed by atoms with Gasteiger partial charge in [-0.15, -0.1) is 0 Å². The summed E-state index contributed by atoms with van der Waals surface area (Å²) in [5.74, 6) is 0.0849. The van der Waals surface area contributed by atoms with Crippen molar-refractivity contribution >= 4 is 5.91 Å². The van der Waals surface area contributed by atoms with Gasteiger partial charge in [0, 0.05) is 25.7 Å². The molecule has 1 aromatic carbocycles. The normalized spacial score (nSPS) is 10.4. The van der Waals surface area contributed by atoms with E-state index in [0.717, 1.165) is 16.7 Å². The lowest BCUT2D eigenvalue weighted by atomic mass is 10.1. The molecule has 4 heteroatoms. The summed E-state index contributed by atoms with van der Waals surface area (Å²) in [6, 6.07) is 9.68. The second kappa shape index (κ2) is 6.20. The lowest BCUT2D eigenvalue weighted by molar-refractivity contribution is -0.129. The molecule has 0 bridgehead atoms. The largest absolute Gasteiger partial charge is 0.472 e. The summed E-state index contributed by atoms with van der Waals surface area (Å²) in [5, 5.41) is 0. The Morgan fingerprint density at radius 3 is 2.42 bits per heavy atom. The number of likely N-dealkylation sites (N-methyl/N-ethyl adjacent to an activating group) is 1. The first-order valence-corrected chi connectivity index (χ1v) is 6.22. The van der Waals surface area contributed by atoms with Crippen LogP contribution in [0, 0.1) is 0 Å². The van der Waals surface area contributed by atoms with Gasteiger partial charge in [-0.2, -0.15) is 0 Å². The molecule has 4 nitrogen and oxygen atoms in total. The van der Waals surface area contributed by atoms with E-state index in [0.29, 0.717) is 19.5 Å². The molecule has 0 spiro atoms. The molecule has 0 saturated carbocycles. The summed E-state index contributed by atoms with van der Waals surface area (Å²) in [5.41, 5.74) is 8.61. The number of furan rings is 1. The molecule has 0 aliphatic carbocycles. The number of amides is 1. The fourth-order valence-electron chi connectivity index (χ4n) is 1.85. The molecule has 0 aliphatic rings. The van der Waals surface area contributed by atoms with E-state index < -0.39 is 0 Å². The molecule has 0 saturated heterocycles. The minimum atomic E-state index is 0.0849. The lowest BCUT2D eigenvalue weighted by Crippen LogP contribution is -2.27. The Kier molecular flexibility index (Phi) is 4.36. The Bertz CT molecular complexity index is 518. The van der Waals surface area contributed by atoms with Crippen LogP contribution in [-0.2, 0) is 24.3 Å². The van der Waals surface area contributed by atoms with Crippen LogP contribution in [-0.4, -0.2) is 17.9 Å². The smallest absolute Gasteiger partial charge is 0.227 e. The Morgan fingerprint density at radius 1 is 1.16 bits per heavy atom. The minimum absolute atomic E-state index is 0.0849. The average Bonchev–Trinajstić information content (AvgIpc) is 2.92. The summed E-state index contributed by atoms with van der Waals surface area (Å²) in [6.45, 7) is 1.09. The van der Waals surface area contributed by atoms with E-state index in [1.807, 2.05) is 30.3 Å². The zero-order chi connectivity index (χ0) is 13.7. The van der Waals surface area contributed by atoms with Crippen LogP contribution in [0.5, 0.6) is 0 Å². The highest BCUT2D eigenvalue weighted by Crippen LogP contribution is 2.08. The average molecular weight is 258 g/mol. The third kappa shape index (κ3) is 3.69. The molecule has 1 aromatic heterocycles. The van der Waals surface area contributed by atoms with Gasteiger partial charge in [-0.3, -0.25) is 4.79 Å². The predicted octanol–water partition coefficient (Wildman–Crippen LogP) is 1.94. The Morgan fingerprint density at radius 2 is 1.84 bits per heavy atom. The van der Waals surface area contributed by atoms with Crippen molar-refractivity contribution in [3.63, 3.8) is 0 Å². The summed E-state index contributed by atoms with van der Waals surface area (Å²) < 4.78 is 4.99. The van der Waals surface area contributed by atoms with E-state index in [4.69, 9.17) is 10.2 Å². The number of carbonyl (C=O) groups is 1. The highest BCUT2D eigenvalue weighted by Gasteiger charge is 2.10. The maximum Gasteiger partial charge on any atom is 0.227 e. The number of carbonyl (C=O) groups excluding carboxylic acids is 1. The molecule has 0 unspecified atom stereocenters. The highest BCUT2D eigenvalue weighted by molar-refractivity contribution is 5.78. The fraction of sp³-hybridized carbons (Fsp3) is 0.267. The topological polar surface area (TPSA) is 59.5 Å². The molecule has 0 radical (unpaired) electrons. The molecule has 19 heavy (non-hydrogen) atoms. The monoisotopic (exact) mass is 258 g/mol. The van der Waals surface area contributed by atoms with Gasteiger partial charge in [-0.25, -0.2) is 0 Å². The summed E-state index contributed by atoms with van der Waals surface area (Å²) in [4.78, 5) is 13.8. The molecule has 0 fully saturated rings. The number of hydrogen-bond acceptors (Lipinski definition) is 3. The minimum Gasteiger partial charge on any atom is -0.472 e. The van der Waals surface area contributed by atoms with Crippen molar-refractivity contribution in [2.45, 2.75) is 19.5 Å². The third-order valence-corrected chi connectivity index (χ3v) is 3.04. The maximum absolute atomic E-state index is 12.1. The molecule has 1 heterocycles. The fourth-order valence-corrected chi connectivity index (χ4v) is 1.85. The maximum atomic E-state index is 12.1. The summed E-state index contributed by atoms with van der Waals surface area (Å²) in [6.07, 6.45) is 3.66. The van der Waals surface area contributed by atoms with Crippen molar-refractivity contribution in [2.24, 2.45) is 5.73 Å². The van der Waals surface area contributed by atoms with Crippen LogP contribution in [0.3, 0.4) is 0 Å². The second-order valence-corrected chi connectivity index (χ2v) is 4.58. The van der Waals surface area contributed by atoms with Gasteiger partial charge in [0.2, 0.25) is 5.91 Å². The van der Waals surface area contributed by atoms with E-state index in [1.165, 1.54) is 0 Å². The van der Waals surface area contributed by atoms with Gasteiger partial charge in [-0.1, -0.05) is 24.3 Å². The molecule has 1 amide bonds. The van der Waals surface area contributed by atoms with Crippen LogP contribution in [0.25, 0.3) is 0 Å². The lowest BCUT2D eigenvalue weighted by Gasteiger charge is -2.16. The molecule has 0 atom stereocenters. The first-order chi connectivity index (χ1) is 9.19. The van der Waals surface area contributed by atoms with Crippen molar-refractivity contribution in [3.8, 4) is 0 Å². The number of benzene rings is 1. The third-order valence-electron chi connectivity index (χ3n) is 3.04. The van der Waals surface area contributed by atoms with E-state index in [-0.39, 0.29) is 5.91 Å². The Balaban J connectivity index is 1.92. The standard InChI is InChI=1S/C15H18N2O2/c1-17(10-14-6-7-19-11-14)15(18)8-12-2-4-13(9-16)5-3-12/h2-7,11H,8-10,16H2,1H3. The van der Waals surface area contributed by atoms with Crippen LogP contribution < -0.4 is 5.73 Å². The van der Waals surface area contributed by atoms with Crippen molar-refractivity contribution in [1.29, 1.82) is 0 Å². The predicted molar refractivity (Wildman–Crippen MR) is 73.2 cm³/mol. The number of hydrogen-bond donors (Lipinski definition) is 1. The number of nitrogens with zero attached hydrogens (tertiary/aromatic N) is 1. The molecular weight excluding hydrogens is 240 g/mol. The van der Waals surface area contributed by atoms with Crippen molar-refractivity contribution in [3.05, 3.63) is 59.5 Å². The van der Waals surface area contributed by atoms with E-state index in [2.05, 4.69) is 0 Å². The van der Waals surface area contributed by atoms with Crippen LogP contribution in [0.2, 0.25) is 0 Å². The molecular formula is C15H18N2O2. The number of nitrogens with two attached hydrogens (primary N) is 1. The van der Waals surface area contributed by atoms with Gasteiger partial charge in [0.1, 0.15) is 0 Å². The van der Waals surface area contributed by atoms with E-state index in [9.17, 15) is 4.79 Å². The highest BCUT2D eigenvalue weighted by atomic mass is 16.3. The summed E-state index contributed by atoms with van der Waals surface area (Å²) in [7, 11) is 1.80. The molecule has 0 aliphatic heterocycles. The van der Waals surface area contributed by atoms with Gasteiger partial charge in [0.05, 0.1) is 18.9 Å². The summed E-state index contributed by atoms with van der Waals surface area (Å²) >= 11 is 0. The van der Waals surface area contributed by atoms with Crippen LogP contribution in [0.1, 0.15) is 16.7 Å². The Labute approximate surface area is 112 Å². The first-order valence-electron chi connectivity index (χ1n) is 6.22. The quantitative estimate of drug-likeness (QED) is 0.891. The Hall–Kier alpha value is -2.07. The molecule has 2 N–H and O–H groups in total. The zero-order valence-electron chi connectivity index (χ0n) is 11.0.